The summed E-state index contributed by atoms with van der Waals surface area (Å²) < 4.78 is 10.7. The molecule has 168 valence electrons. The number of carbonyl (C=O) groups excluding carboxylic acids is 2. The highest BCUT2D eigenvalue weighted by atomic mass is 16.5. The lowest BCUT2D eigenvalue weighted by Gasteiger charge is -2.26. The van der Waals surface area contributed by atoms with Crippen LogP contribution >= 0.6 is 0 Å². The summed E-state index contributed by atoms with van der Waals surface area (Å²) in [6, 6.07) is 18.4. The molecule has 2 aliphatic rings. The molecule has 3 aromatic carbocycles. The molecule has 0 saturated carbocycles. The topological polar surface area (TPSA) is 76.1 Å². The Bertz CT molecular complexity index is 1270. The van der Waals surface area contributed by atoms with Gasteiger partial charge in [0.05, 0.1) is 18.2 Å². The lowest BCUT2D eigenvalue weighted by atomic mass is 9.91. The number of likely N-dealkylation sites (tertiary alicyclic amines) is 1. The van der Waals surface area contributed by atoms with Crippen molar-refractivity contribution in [1.29, 1.82) is 0 Å². The van der Waals surface area contributed by atoms with Crippen molar-refractivity contribution in [2.45, 2.75) is 18.9 Å². The van der Waals surface area contributed by atoms with E-state index in [4.69, 9.17) is 9.47 Å². The molecule has 1 N–H and O–H groups in total. The zero-order chi connectivity index (χ0) is 22.9. The molecule has 1 amide bonds. The normalized spacial score (nSPS) is 19.2. The summed E-state index contributed by atoms with van der Waals surface area (Å²) in [5.74, 6) is -0.637. The SMILES string of the molecule is COCCCN1C(=O)C(=O)/C(=C(\O)c2ccc3c(c2)CCO3)C1c1cccc2ccccc12. The van der Waals surface area contributed by atoms with Gasteiger partial charge in [-0.3, -0.25) is 9.59 Å². The second-order valence-corrected chi connectivity index (χ2v) is 8.33. The number of methoxy groups -OCH3 is 1. The molecule has 33 heavy (non-hydrogen) atoms. The van der Waals surface area contributed by atoms with Gasteiger partial charge in [0.1, 0.15) is 11.5 Å². The van der Waals surface area contributed by atoms with Crippen LogP contribution < -0.4 is 4.74 Å². The molecule has 2 heterocycles. The quantitative estimate of drug-likeness (QED) is 0.267. The monoisotopic (exact) mass is 443 g/mol. The molecule has 0 aliphatic carbocycles. The zero-order valence-electron chi connectivity index (χ0n) is 18.4. The minimum absolute atomic E-state index is 0.118. The minimum atomic E-state index is -0.683. The average Bonchev–Trinajstić information content (AvgIpc) is 3.41. The van der Waals surface area contributed by atoms with Crippen molar-refractivity contribution in [3.05, 3.63) is 82.9 Å². The first-order valence-corrected chi connectivity index (χ1v) is 11.1. The van der Waals surface area contributed by atoms with Crippen LogP contribution in [-0.2, 0) is 20.7 Å². The highest BCUT2D eigenvalue weighted by molar-refractivity contribution is 6.46. The molecule has 0 spiro atoms. The number of hydrogen-bond donors (Lipinski definition) is 1. The van der Waals surface area contributed by atoms with Crippen molar-refractivity contribution in [2.24, 2.45) is 0 Å². The molecule has 0 radical (unpaired) electrons. The van der Waals surface area contributed by atoms with Gasteiger partial charge in [-0.05, 0) is 46.5 Å². The predicted octanol–water partition coefficient (Wildman–Crippen LogP) is 4.23. The number of hydrogen-bond acceptors (Lipinski definition) is 5. The van der Waals surface area contributed by atoms with Crippen molar-refractivity contribution in [3.63, 3.8) is 0 Å². The highest BCUT2D eigenvalue weighted by Crippen LogP contribution is 2.42. The van der Waals surface area contributed by atoms with Crippen LogP contribution in [0.15, 0.2) is 66.2 Å². The number of amides is 1. The number of aliphatic hydroxyl groups is 1. The third-order valence-electron chi connectivity index (χ3n) is 6.37. The molecule has 6 nitrogen and oxygen atoms in total. The first kappa shape index (κ1) is 21.2. The first-order chi connectivity index (χ1) is 16.1. The molecular weight excluding hydrogens is 418 g/mol. The fourth-order valence-electron chi connectivity index (χ4n) is 4.79. The Hall–Kier alpha value is -3.64. The van der Waals surface area contributed by atoms with Crippen LogP contribution in [0.25, 0.3) is 16.5 Å². The Labute approximate surface area is 192 Å². The van der Waals surface area contributed by atoms with E-state index < -0.39 is 17.7 Å². The molecule has 5 rings (SSSR count). The van der Waals surface area contributed by atoms with E-state index in [0.29, 0.717) is 31.7 Å². The third-order valence-corrected chi connectivity index (χ3v) is 6.37. The number of Topliss-reactive ketones (excluding diaryl/α,β-unsaturated/α-hetero) is 1. The van der Waals surface area contributed by atoms with Gasteiger partial charge in [0.25, 0.3) is 11.7 Å². The maximum atomic E-state index is 13.3. The standard InChI is InChI=1S/C27H25NO5/c1-32-14-5-13-28-24(21-9-4-7-17-6-2-3-8-20(17)21)23(26(30)27(28)31)25(29)19-10-11-22-18(16-19)12-15-33-22/h2-4,6-11,16,24,29H,5,12-15H2,1H3/b25-23-. The summed E-state index contributed by atoms with van der Waals surface area (Å²) in [6.45, 7) is 1.41. The number of ketones is 1. The minimum Gasteiger partial charge on any atom is -0.507 e. The molecule has 6 heteroatoms. The van der Waals surface area contributed by atoms with E-state index in [1.54, 1.807) is 24.1 Å². The number of aliphatic hydroxyl groups excluding tert-OH is 1. The third kappa shape index (κ3) is 3.66. The van der Waals surface area contributed by atoms with E-state index in [1.165, 1.54) is 0 Å². The van der Waals surface area contributed by atoms with E-state index >= 15 is 0 Å². The van der Waals surface area contributed by atoms with Gasteiger partial charge >= 0.3 is 0 Å². The van der Waals surface area contributed by atoms with E-state index in [9.17, 15) is 14.7 Å². The largest absolute Gasteiger partial charge is 0.507 e. The Kier molecular flexibility index (Phi) is 5.60. The molecule has 3 aromatic rings. The van der Waals surface area contributed by atoms with Crippen molar-refractivity contribution >= 4 is 28.2 Å². The maximum Gasteiger partial charge on any atom is 0.295 e. The van der Waals surface area contributed by atoms with Gasteiger partial charge in [0, 0.05) is 32.2 Å². The Morgan fingerprint density at radius 1 is 1.12 bits per heavy atom. The van der Waals surface area contributed by atoms with E-state index in [0.717, 1.165) is 34.1 Å². The van der Waals surface area contributed by atoms with Crippen molar-refractivity contribution < 1.29 is 24.2 Å². The van der Waals surface area contributed by atoms with Crippen LogP contribution in [0, 0.1) is 0 Å². The average molecular weight is 443 g/mol. The Morgan fingerprint density at radius 2 is 1.94 bits per heavy atom. The van der Waals surface area contributed by atoms with Crippen LogP contribution in [0.5, 0.6) is 5.75 Å². The molecule has 0 bridgehead atoms. The van der Waals surface area contributed by atoms with Gasteiger partial charge < -0.3 is 19.5 Å². The summed E-state index contributed by atoms with van der Waals surface area (Å²) in [6.07, 6.45) is 1.33. The van der Waals surface area contributed by atoms with Gasteiger partial charge in [0.2, 0.25) is 0 Å². The maximum absolute atomic E-state index is 13.3. The van der Waals surface area contributed by atoms with Crippen LogP contribution in [0.3, 0.4) is 0 Å². The lowest BCUT2D eigenvalue weighted by molar-refractivity contribution is -0.140. The summed E-state index contributed by atoms with van der Waals surface area (Å²) in [5.41, 5.74) is 2.43. The zero-order valence-corrected chi connectivity index (χ0v) is 18.4. The molecule has 2 aliphatic heterocycles. The number of ether oxygens (including phenoxy) is 2. The van der Waals surface area contributed by atoms with E-state index in [2.05, 4.69) is 0 Å². The van der Waals surface area contributed by atoms with E-state index in [1.807, 2.05) is 48.5 Å². The first-order valence-electron chi connectivity index (χ1n) is 11.1. The molecule has 1 fully saturated rings. The van der Waals surface area contributed by atoms with Crippen LogP contribution in [0.4, 0.5) is 0 Å². The molecule has 1 unspecified atom stereocenters. The highest BCUT2D eigenvalue weighted by Gasteiger charge is 2.46. The Morgan fingerprint density at radius 3 is 2.79 bits per heavy atom. The second kappa shape index (κ2) is 8.71. The Balaban J connectivity index is 1.68. The molecule has 0 aromatic heterocycles. The summed E-state index contributed by atoms with van der Waals surface area (Å²) in [7, 11) is 1.61. The van der Waals surface area contributed by atoms with Crippen molar-refractivity contribution in [3.8, 4) is 5.75 Å². The van der Waals surface area contributed by atoms with Gasteiger partial charge in [0.15, 0.2) is 0 Å². The predicted molar refractivity (Wildman–Crippen MR) is 125 cm³/mol. The van der Waals surface area contributed by atoms with Crippen LogP contribution in [-0.4, -0.2) is 48.6 Å². The number of nitrogens with zero attached hydrogens (tertiary/aromatic N) is 1. The molecular formula is C27H25NO5. The fraction of sp³-hybridized carbons (Fsp3) is 0.259. The number of rotatable bonds is 6. The summed E-state index contributed by atoms with van der Waals surface area (Å²) >= 11 is 0. The smallest absolute Gasteiger partial charge is 0.295 e. The number of benzene rings is 3. The van der Waals surface area contributed by atoms with E-state index in [-0.39, 0.29) is 11.3 Å². The fourth-order valence-corrected chi connectivity index (χ4v) is 4.79. The summed E-state index contributed by atoms with van der Waals surface area (Å²) in [5, 5.41) is 13.3. The lowest BCUT2D eigenvalue weighted by Crippen LogP contribution is -2.31. The molecule has 1 saturated heterocycles. The van der Waals surface area contributed by atoms with Gasteiger partial charge in [-0.25, -0.2) is 0 Å². The summed E-state index contributed by atoms with van der Waals surface area (Å²) in [4.78, 5) is 27.9. The van der Waals surface area contributed by atoms with Gasteiger partial charge in [-0.2, -0.15) is 0 Å². The molecule has 1 atom stereocenters. The van der Waals surface area contributed by atoms with Crippen LogP contribution in [0.1, 0.15) is 29.2 Å². The van der Waals surface area contributed by atoms with Crippen LogP contribution in [0.2, 0.25) is 0 Å². The number of fused-ring (bicyclic) bond motifs is 2. The number of carbonyl (C=O) groups is 2. The van der Waals surface area contributed by atoms with Gasteiger partial charge in [-0.1, -0.05) is 42.5 Å². The van der Waals surface area contributed by atoms with Gasteiger partial charge in [-0.15, -0.1) is 0 Å². The van der Waals surface area contributed by atoms with Crippen molar-refractivity contribution in [2.75, 3.05) is 26.9 Å². The second-order valence-electron chi connectivity index (χ2n) is 8.33. The van der Waals surface area contributed by atoms with Crippen molar-refractivity contribution in [1.82, 2.24) is 4.90 Å².